The molecule has 0 unspecified atom stereocenters. The Morgan fingerprint density at radius 3 is 2.09 bits per heavy atom. The summed E-state index contributed by atoms with van der Waals surface area (Å²) >= 11 is 0. The summed E-state index contributed by atoms with van der Waals surface area (Å²) in [5.74, 6) is 0.140. The predicted molar refractivity (Wildman–Crippen MR) is 46.7 cm³/mol. The van der Waals surface area contributed by atoms with E-state index in [1.807, 2.05) is 27.9 Å². The van der Waals surface area contributed by atoms with Crippen molar-refractivity contribution in [2.75, 3.05) is 14.1 Å². The van der Waals surface area contributed by atoms with Crippen LogP contribution in [-0.2, 0) is 4.79 Å². The molecule has 0 spiro atoms. The highest BCUT2D eigenvalue weighted by atomic mass is 16.1. The molecule has 3 nitrogen and oxygen atoms in total. The van der Waals surface area contributed by atoms with Crippen molar-refractivity contribution in [1.82, 2.24) is 5.01 Å². The van der Waals surface area contributed by atoms with E-state index in [4.69, 9.17) is 0 Å². The van der Waals surface area contributed by atoms with Gasteiger partial charge in [-0.2, -0.15) is 5.10 Å². The van der Waals surface area contributed by atoms with Crippen molar-refractivity contribution in [3.63, 3.8) is 0 Å². The Hall–Kier alpha value is -0.860. The normalized spacial score (nSPS) is 11.5. The maximum absolute atomic E-state index is 11.1. The van der Waals surface area contributed by atoms with Gasteiger partial charge in [-0.25, -0.2) is 0 Å². The summed E-state index contributed by atoms with van der Waals surface area (Å²) in [4.78, 5) is 11.1. The standard InChI is InChI=1S/C8H16N2O/c1-5-7(8(11)6-2)9-10(3)4/h5-6H2,1-4H3/b9-7+. The molecule has 0 saturated heterocycles. The summed E-state index contributed by atoms with van der Waals surface area (Å²) in [7, 11) is 3.64. The average molecular weight is 156 g/mol. The van der Waals surface area contributed by atoms with Gasteiger partial charge in [-0.05, 0) is 6.42 Å². The van der Waals surface area contributed by atoms with Gasteiger partial charge >= 0.3 is 0 Å². The number of Topliss-reactive ketones (excluding diaryl/α,β-unsaturated/α-hetero) is 1. The van der Waals surface area contributed by atoms with Gasteiger partial charge in [-0.3, -0.25) is 4.79 Å². The number of nitrogens with zero attached hydrogens (tertiary/aromatic N) is 2. The van der Waals surface area contributed by atoms with E-state index in [-0.39, 0.29) is 5.78 Å². The lowest BCUT2D eigenvalue weighted by Gasteiger charge is -2.06. The van der Waals surface area contributed by atoms with Crippen LogP contribution in [0.4, 0.5) is 0 Å². The third-order valence-corrected chi connectivity index (χ3v) is 1.30. The number of ketones is 1. The van der Waals surface area contributed by atoms with Gasteiger partial charge in [0.2, 0.25) is 0 Å². The van der Waals surface area contributed by atoms with E-state index in [2.05, 4.69) is 5.10 Å². The van der Waals surface area contributed by atoms with Gasteiger partial charge < -0.3 is 5.01 Å². The van der Waals surface area contributed by atoms with E-state index in [0.29, 0.717) is 18.6 Å². The number of carbonyl (C=O) groups excluding carboxylic acids is 1. The molecule has 0 rings (SSSR count). The lowest BCUT2D eigenvalue weighted by molar-refractivity contribution is -0.112. The van der Waals surface area contributed by atoms with Crippen molar-refractivity contribution in [1.29, 1.82) is 0 Å². The lowest BCUT2D eigenvalue weighted by atomic mass is 10.1. The highest BCUT2D eigenvalue weighted by Crippen LogP contribution is 1.93. The van der Waals surface area contributed by atoms with E-state index in [9.17, 15) is 4.79 Å². The molecule has 64 valence electrons. The molecular formula is C8H16N2O. The Labute approximate surface area is 68.1 Å². The number of hydrogen-bond acceptors (Lipinski definition) is 3. The van der Waals surface area contributed by atoms with Crippen LogP contribution in [0.5, 0.6) is 0 Å². The summed E-state index contributed by atoms with van der Waals surface area (Å²) in [6.07, 6.45) is 1.26. The summed E-state index contributed by atoms with van der Waals surface area (Å²) in [6.45, 7) is 3.79. The fraction of sp³-hybridized carbons (Fsp3) is 0.750. The van der Waals surface area contributed by atoms with Gasteiger partial charge in [-0.15, -0.1) is 0 Å². The molecule has 0 saturated carbocycles. The zero-order valence-electron chi connectivity index (χ0n) is 7.72. The first kappa shape index (κ1) is 10.1. The molecule has 0 aliphatic rings. The van der Waals surface area contributed by atoms with Crippen molar-refractivity contribution >= 4 is 11.5 Å². The van der Waals surface area contributed by atoms with E-state index in [0.717, 1.165) is 0 Å². The van der Waals surface area contributed by atoms with Gasteiger partial charge in [-0.1, -0.05) is 13.8 Å². The SMILES string of the molecule is CCC(=O)/C(CC)=N/N(C)C. The van der Waals surface area contributed by atoms with Crippen LogP contribution in [0, 0.1) is 0 Å². The monoisotopic (exact) mass is 156 g/mol. The Morgan fingerprint density at radius 2 is 1.82 bits per heavy atom. The van der Waals surface area contributed by atoms with E-state index in [1.54, 1.807) is 5.01 Å². The molecule has 0 heterocycles. The fourth-order valence-corrected chi connectivity index (χ4v) is 0.769. The Bertz CT molecular complexity index is 161. The van der Waals surface area contributed by atoms with Crippen molar-refractivity contribution in [2.45, 2.75) is 26.7 Å². The summed E-state index contributed by atoms with van der Waals surface area (Å²) in [6, 6.07) is 0. The minimum absolute atomic E-state index is 0.140. The van der Waals surface area contributed by atoms with Crippen LogP contribution in [0.25, 0.3) is 0 Å². The zero-order chi connectivity index (χ0) is 8.85. The third-order valence-electron chi connectivity index (χ3n) is 1.30. The van der Waals surface area contributed by atoms with Crippen LogP contribution >= 0.6 is 0 Å². The number of hydrazone groups is 1. The highest BCUT2D eigenvalue weighted by Gasteiger charge is 2.05. The van der Waals surface area contributed by atoms with Gasteiger partial charge in [0.25, 0.3) is 0 Å². The summed E-state index contributed by atoms with van der Waals surface area (Å²) in [5.41, 5.74) is 0.664. The molecule has 0 aromatic rings. The van der Waals surface area contributed by atoms with Crippen LogP contribution in [0.2, 0.25) is 0 Å². The molecule has 0 N–H and O–H groups in total. The number of hydrogen-bond donors (Lipinski definition) is 0. The quantitative estimate of drug-likeness (QED) is 0.454. The van der Waals surface area contributed by atoms with Crippen LogP contribution in [-0.4, -0.2) is 30.6 Å². The topological polar surface area (TPSA) is 32.7 Å². The third kappa shape index (κ3) is 3.75. The molecule has 0 aliphatic heterocycles. The molecule has 0 aromatic heterocycles. The lowest BCUT2D eigenvalue weighted by Crippen LogP contribution is -2.16. The van der Waals surface area contributed by atoms with Crippen LogP contribution in [0.15, 0.2) is 5.10 Å². The second kappa shape index (κ2) is 4.88. The second-order valence-electron chi connectivity index (χ2n) is 2.52. The van der Waals surface area contributed by atoms with Crippen molar-refractivity contribution in [3.8, 4) is 0 Å². The largest absolute Gasteiger partial charge is 0.303 e. The molecular weight excluding hydrogens is 140 g/mol. The van der Waals surface area contributed by atoms with Gasteiger partial charge in [0.1, 0.15) is 5.71 Å². The Balaban J connectivity index is 4.27. The van der Waals surface area contributed by atoms with Gasteiger partial charge in [0, 0.05) is 20.5 Å². The molecule has 0 fully saturated rings. The summed E-state index contributed by atoms with van der Waals surface area (Å²) < 4.78 is 0. The van der Waals surface area contributed by atoms with E-state index < -0.39 is 0 Å². The van der Waals surface area contributed by atoms with Crippen LogP contribution < -0.4 is 0 Å². The Morgan fingerprint density at radius 1 is 1.27 bits per heavy atom. The maximum Gasteiger partial charge on any atom is 0.178 e. The van der Waals surface area contributed by atoms with Crippen LogP contribution in [0.3, 0.4) is 0 Å². The number of rotatable bonds is 4. The van der Waals surface area contributed by atoms with E-state index in [1.165, 1.54) is 0 Å². The minimum Gasteiger partial charge on any atom is -0.303 e. The molecule has 0 atom stereocenters. The van der Waals surface area contributed by atoms with Crippen LogP contribution in [0.1, 0.15) is 26.7 Å². The minimum atomic E-state index is 0.140. The second-order valence-corrected chi connectivity index (χ2v) is 2.52. The van der Waals surface area contributed by atoms with E-state index >= 15 is 0 Å². The molecule has 0 aliphatic carbocycles. The fourth-order valence-electron chi connectivity index (χ4n) is 0.769. The zero-order valence-corrected chi connectivity index (χ0v) is 7.72. The van der Waals surface area contributed by atoms with Gasteiger partial charge in [0.15, 0.2) is 5.78 Å². The molecule has 3 heteroatoms. The van der Waals surface area contributed by atoms with Crippen molar-refractivity contribution in [3.05, 3.63) is 0 Å². The molecule has 0 amide bonds. The van der Waals surface area contributed by atoms with Crippen molar-refractivity contribution < 1.29 is 4.79 Å². The summed E-state index contributed by atoms with van der Waals surface area (Å²) in [5, 5.41) is 5.73. The number of carbonyl (C=O) groups is 1. The smallest absolute Gasteiger partial charge is 0.178 e. The highest BCUT2D eigenvalue weighted by molar-refractivity contribution is 6.39. The van der Waals surface area contributed by atoms with Crippen molar-refractivity contribution in [2.24, 2.45) is 5.10 Å². The first-order chi connectivity index (χ1) is 5.11. The first-order valence-corrected chi connectivity index (χ1v) is 3.89. The Kier molecular flexibility index (Phi) is 4.50. The van der Waals surface area contributed by atoms with Gasteiger partial charge in [0.05, 0.1) is 0 Å². The average Bonchev–Trinajstić information content (AvgIpc) is 1.98. The maximum atomic E-state index is 11.1. The first-order valence-electron chi connectivity index (χ1n) is 3.89. The molecule has 11 heavy (non-hydrogen) atoms. The molecule has 0 aromatic carbocycles. The predicted octanol–water partition coefficient (Wildman–Crippen LogP) is 1.29. The molecule has 0 radical (unpaired) electrons. The molecule has 0 bridgehead atoms.